The number of nitrogens with zero attached hydrogens (tertiary/aromatic N) is 3. The first-order valence-corrected chi connectivity index (χ1v) is 13.7. The predicted molar refractivity (Wildman–Crippen MR) is 163 cm³/mol. The van der Waals surface area contributed by atoms with Gasteiger partial charge in [0, 0.05) is 40.2 Å². The van der Waals surface area contributed by atoms with Crippen LogP contribution in [0.4, 0.5) is 0 Å². The molecule has 0 aliphatic heterocycles. The van der Waals surface area contributed by atoms with Crippen LogP contribution in [0.1, 0.15) is 24.1 Å². The van der Waals surface area contributed by atoms with Crippen molar-refractivity contribution in [3.63, 3.8) is 0 Å². The van der Waals surface area contributed by atoms with Gasteiger partial charge in [-0.1, -0.05) is 35.9 Å². The lowest BCUT2D eigenvalue weighted by molar-refractivity contribution is -0.119. The number of carbonyl (C=O) groups is 1. The van der Waals surface area contributed by atoms with Crippen LogP contribution in [0.25, 0.3) is 50.0 Å². The number of H-pyrrole nitrogens is 2. The molecule has 0 bridgehead atoms. The summed E-state index contributed by atoms with van der Waals surface area (Å²) >= 11 is 0. The quantitative estimate of drug-likeness (QED) is 0.170. The topological polar surface area (TPSA) is 139 Å². The van der Waals surface area contributed by atoms with Crippen molar-refractivity contribution in [2.75, 3.05) is 0 Å². The lowest BCUT2D eigenvalue weighted by Crippen LogP contribution is -2.24. The normalized spacial score (nSPS) is 13.6. The van der Waals surface area contributed by atoms with Crippen molar-refractivity contribution in [2.45, 2.75) is 19.3 Å². The number of fused-ring (bicyclic) bond motifs is 2. The Morgan fingerprint density at radius 3 is 2.74 bits per heavy atom. The fourth-order valence-corrected chi connectivity index (χ4v) is 4.99. The highest BCUT2D eigenvalue weighted by atomic mass is 16.3. The molecular weight excluding hydrogens is 526 g/mol. The minimum Gasteiger partial charge on any atom is -0.472 e. The molecule has 0 saturated heterocycles. The summed E-state index contributed by atoms with van der Waals surface area (Å²) in [6, 6.07) is 17.5. The Bertz CT molecular complexity index is 2010. The van der Waals surface area contributed by atoms with Crippen LogP contribution in [0.15, 0.2) is 114 Å². The number of allylic oxidation sites excluding steroid dienone is 4. The Morgan fingerprint density at radius 1 is 1.07 bits per heavy atom. The number of nitrogens with one attached hydrogen (secondary N) is 3. The lowest BCUT2D eigenvalue weighted by atomic mass is 10.1. The van der Waals surface area contributed by atoms with E-state index >= 15 is 0 Å². The average Bonchev–Trinajstić information content (AvgIpc) is 3.38. The van der Waals surface area contributed by atoms with Crippen molar-refractivity contribution in [1.82, 2.24) is 30.5 Å². The molecule has 1 aliphatic carbocycles. The monoisotopic (exact) mass is 553 g/mol. The van der Waals surface area contributed by atoms with E-state index in [9.17, 15) is 4.79 Å². The van der Waals surface area contributed by atoms with Gasteiger partial charge in [0.15, 0.2) is 0 Å². The van der Waals surface area contributed by atoms with Crippen molar-refractivity contribution < 1.29 is 9.21 Å². The van der Waals surface area contributed by atoms with Crippen LogP contribution in [-0.4, -0.2) is 31.1 Å². The molecular formula is C33H27N7O2. The summed E-state index contributed by atoms with van der Waals surface area (Å²) < 4.78 is 5.29. The Hall–Kier alpha value is -5.70. The molecule has 0 spiro atoms. The Balaban J connectivity index is 1.22. The molecule has 1 amide bonds. The number of benzene rings is 1. The number of amides is 1. The molecule has 5 aromatic heterocycles. The minimum atomic E-state index is -0.0926. The third-order valence-electron chi connectivity index (χ3n) is 7.22. The van der Waals surface area contributed by atoms with Crippen LogP contribution in [0, 0.1) is 0 Å². The van der Waals surface area contributed by atoms with E-state index in [1.54, 1.807) is 18.7 Å². The van der Waals surface area contributed by atoms with Crippen LogP contribution < -0.4 is 11.1 Å². The summed E-state index contributed by atoms with van der Waals surface area (Å²) in [4.78, 5) is 25.6. The van der Waals surface area contributed by atoms with E-state index in [1.165, 1.54) is 11.8 Å². The fraction of sp³-hybridized carbons (Fsp3) is 0.0909. The van der Waals surface area contributed by atoms with Gasteiger partial charge in [-0.05, 0) is 54.8 Å². The standard InChI is InChI=1S/C33H27N7O2/c34-16-23(14-24(12-21-6-7-21)36-31(41)13-20-4-2-1-3-5-20)27-8-9-28-32(38-27)33(40-39-28)29-15-25-26(22-10-11-42-19-22)17-35-18-30(25)37-29/h1-5,8-12,14-19,37H,6-7,13,34H2,(H,36,41)(H,39,40)/b23-16+,24-14+. The fourth-order valence-electron chi connectivity index (χ4n) is 4.99. The van der Waals surface area contributed by atoms with E-state index in [2.05, 4.69) is 25.5 Å². The molecule has 5 heterocycles. The van der Waals surface area contributed by atoms with Gasteiger partial charge in [-0.25, -0.2) is 4.98 Å². The van der Waals surface area contributed by atoms with Crippen LogP contribution in [0.2, 0.25) is 0 Å². The zero-order valence-corrected chi connectivity index (χ0v) is 22.6. The van der Waals surface area contributed by atoms with Crippen LogP contribution >= 0.6 is 0 Å². The van der Waals surface area contributed by atoms with E-state index in [4.69, 9.17) is 15.1 Å². The summed E-state index contributed by atoms with van der Waals surface area (Å²) in [5.74, 6) is -0.0926. The summed E-state index contributed by atoms with van der Waals surface area (Å²) in [7, 11) is 0. The number of furan rings is 1. The zero-order valence-electron chi connectivity index (χ0n) is 22.6. The number of pyridine rings is 2. The summed E-state index contributed by atoms with van der Waals surface area (Å²) in [6.45, 7) is 0. The van der Waals surface area contributed by atoms with Crippen molar-refractivity contribution >= 4 is 33.4 Å². The van der Waals surface area contributed by atoms with Crippen molar-refractivity contribution in [2.24, 2.45) is 5.73 Å². The maximum absolute atomic E-state index is 12.9. The molecule has 7 rings (SSSR count). The molecule has 6 aromatic rings. The highest BCUT2D eigenvalue weighted by molar-refractivity contribution is 5.99. The molecule has 0 atom stereocenters. The van der Waals surface area contributed by atoms with Gasteiger partial charge in [-0.15, -0.1) is 0 Å². The summed E-state index contributed by atoms with van der Waals surface area (Å²) in [6.07, 6.45) is 14.7. The van der Waals surface area contributed by atoms with Gasteiger partial charge in [0.05, 0.1) is 47.6 Å². The van der Waals surface area contributed by atoms with Gasteiger partial charge in [0.1, 0.15) is 11.2 Å². The number of aromatic amines is 2. The predicted octanol–water partition coefficient (Wildman–Crippen LogP) is 6.02. The largest absolute Gasteiger partial charge is 0.472 e. The molecule has 206 valence electrons. The molecule has 1 fully saturated rings. The molecule has 9 heteroatoms. The first kappa shape index (κ1) is 25.3. The van der Waals surface area contributed by atoms with E-state index in [0.29, 0.717) is 28.2 Å². The molecule has 1 aromatic carbocycles. The van der Waals surface area contributed by atoms with E-state index in [1.807, 2.05) is 72.9 Å². The molecule has 42 heavy (non-hydrogen) atoms. The van der Waals surface area contributed by atoms with Gasteiger partial charge in [-0.2, -0.15) is 5.10 Å². The Kier molecular flexibility index (Phi) is 6.44. The van der Waals surface area contributed by atoms with Gasteiger partial charge >= 0.3 is 0 Å². The number of carbonyl (C=O) groups excluding carboxylic acids is 1. The smallest absolute Gasteiger partial charge is 0.228 e. The molecule has 9 nitrogen and oxygen atoms in total. The number of nitrogens with two attached hydrogens (primary N) is 1. The summed E-state index contributed by atoms with van der Waals surface area (Å²) in [5.41, 5.74) is 16.1. The number of rotatable bonds is 8. The van der Waals surface area contributed by atoms with Crippen molar-refractivity contribution in [3.05, 3.63) is 120 Å². The van der Waals surface area contributed by atoms with Crippen LogP contribution in [-0.2, 0) is 11.2 Å². The lowest BCUT2D eigenvalue weighted by Gasteiger charge is -2.09. The van der Waals surface area contributed by atoms with Crippen LogP contribution in [0.5, 0.6) is 0 Å². The van der Waals surface area contributed by atoms with E-state index in [-0.39, 0.29) is 12.3 Å². The van der Waals surface area contributed by atoms with Gasteiger partial charge in [0.2, 0.25) is 5.91 Å². The maximum atomic E-state index is 12.9. The second-order valence-electron chi connectivity index (χ2n) is 10.2. The average molecular weight is 554 g/mol. The second kappa shape index (κ2) is 10.7. The zero-order chi connectivity index (χ0) is 28.5. The first-order valence-electron chi connectivity index (χ1n) is 13.7. The minimum absolute atomic E-state index is 0.0926. The molecule has 0 radical (unpaired) electrons. The summed E-state index contributed by atoms with van der Waals surface area (Å²) in [5, 5.41) is 11.7. The number of aromatic nitrogens is 5. The van der Waals surface area contributed by atoms with Crippen molar-refractivity contribution in [3.8, 4) is 22.5 Å². The third-order valence-corrected chi connectivity index (χ3v) is 7.22. The Morgan fingerprint density at radius 2 is 1.95 bits per heavy atom. The third kappa shape index (κ3) is 5.11. The second-order valence-corrected chi connectivity index (χ2v) is 10.2. The molecule has 0 unspecified atom stereocenters. The highest BCUT2D eigenvalue weighted by Gasteiger charge is 2.17. The highest BCUT2D eigenvalue weighted by Crippen LogP contribution is 2.34. The van der Waals surface area contributed by atoms with Gasteiger partial charge < -0.3 is 20.5 Å². The Labute approximate surface area is 240 Å². The SMILES string of the molecule is N/C=C(\C=C(/C=C1CC1)NC(=O)Cc1ccccc1)c1ccc2[nH]nc(-c3cc4c(-c5ccoc5)cncc4[nH]3)c2n1. The van der Waals surface area contributed by atoms with Gasteiger partial charge in [-0.3, -0.25) is 14.9 Å². The molecule has 1 aliphatic rings. The molecule has 1 saturated carbocycles. The van der Waals surface area contributed by atoms with Crippen molar-refractivity contribution in [1.29, 1.82) is 0 Å². The maximum Gasteiger partial charge on any atom is 0.228 e. The van der Waals surface area contributed by atoms with E-state index in [0.717, 1.165) is 51.6 Å². The number of hydrogen-bond donors (Lipinski definition) is 4. The van der Waals surface area contributed by atoms with E-state index < -0.39 is 0 Å². The van der Waals surface area contributed by atoms with Gasteiger partial charge in [0.25, 0.3) is 0 Å². The molecule has 5 N–H and O–H groups in total. The van der Waals surface area contributed by atoms with Crippen LogP contribution in [0.3, 0.4) is 0 Å². The number of hydrogen-bond acceptors (Lipinski definition) is 6. The first-order chi connectivity index (χ1) is 20.6.